The van der Waals surface area contributed by atoms with Crippen LogP contribution in [0.25, 0.3) is 22.6 Å². The van der Waals surface area contributed by atoms with Crippen LogP contribution in [0.1, 0.15) is 12.5 Å². The fourth-order valence-corrected chi connectivity index (χ4v) is 3.19. The van der Waals surface area contributed by atoms with Gasteiger partial charge in [0.2, 0.25) is 5.89 Å². The van der Waals surface area contributed by atoms with Gasteiger partial charge >= 0.3 is 0 Å². The molecular weight excluding hydrogens is 388 g/mol. The second kappa shape index (κ2) is 7.97. The summed E-state index contributed by atoms with van der Waals surface area (Å²) in [7, 11) is 0. The van der Waals surface area contributed by atoms with Crippen LogP contribution < -0.4 is 10.1 Å². The largest absolute Gasteiger partial charge is 0.481 e. The molecule has 0 bridgehead atoms. The van der Waals surface area contributed by atoms with E-state index in [1.807, 2.05) is 55.5 Å². The van der Waals surface area contributed by atoms with Gasteiger partial charge in [0, 0.05) is 16.3 Å². The number of carbonyl (C=O) groups excluding carboxylic acids is 1. The number of benzene rings is 3. The molecule has 6 heteroatoms. The van der Waals surface area contributed by atoms with E-state index < -0.39 is 6.10 Å². The van der Waals surface area contributed by atoms with Crippen LogP contribution in [-0.4, -0.2) is 17.0 Å². The number of aromatic nitrogens is 1. The van der Waals surface area contributed by atoms with Crippen molar-refractivity contribution in [3.05, 3.63) is 77.3 Å². The summed E-state index contributed by atoms with van der Waals surface area (Å²) in [6, 6.07) is 20.2. The maximum Gasteiger partial charge on any atom is 0.265 e. The first-order valence-corrected chi connectivity index (χ1v) is 9.57. The maximum absolute atomic E-state index is 12.6. The minimum Gasteiger partial charge on any atom is -0.481 e. The molecule has 146 valence electrons. The fourth-order valence-electron chi connectivity index (χ4n) is 2.96. The lowest BCUT2D eigenvalue weighted by atomic mass is 10.2. The van der Waals surface area contributed by atoms with Gasteiger partial charge in [-0.2, -0.15) is 0 Å². The van der Waals surface area contributed by atoms with Crippen molar-refractivity contribution in [1.82, 2.24) is 4.98 Å². The van der Waals surface area contributed by atoms with Crippen LogP contribution >= 0.6 is 11.6 Å². The summed E-state index contributed by atoms with van der Waals surface area (Å²) in [5, 5.41) is 3.51. The topological polar surface area (TPSA) is 64.4 Å². The van der Waals surface area contributed by atoms with Crippen LogP contribution in [0.2, 0.25) is 5.02 Å². The van der Waals surface area contributed by atoms with E-state index in [-0.39, 0.29) is 5.91 Å². The third kappa shape index (κ3) is 4.25. The maximum atomic E-state index is 12.6. The van der Waals surface area contributed by atoms with Gasteiger partial charge < -0.3 is 14.5 Å². The highest BCUT2D eigenvalue weighted by molar-refractivity contribution is 6.30. The Kier molecular flexibility index (Phi) is 5.23. The van der Waals surface area contributed by atoms with Gasteiger partial charge in [-0.3, -0.25) is 4.79 Å². The normalized spacial score (nSPS) is 12.0. The monoisotopic (exact) mass is 406 g/mol. The Bertz CT molecular complexity index is 1150. The predicted molar refractivity (Wildman–Crippen MR) is 114 cm³/mol. The van der Waals surface area contributed by atoms with Crippen molar-refractivity contribution >= 4 is 34.3 Å². The number of fused-ring (bicyclic) bond motifs is 1. The molecule has 0 saturated heterocycles. The zero-order valence-electron chi connectivity index (χ0n) is 16.0. The molecule has 0 aliphatic carbocycles. The summed E-state index contributed by atoms with van der Waals surface area (Å²) in [6.45, 7) is 3.59. The number of para-hydroxylation sites is 2. The van der Waals surface area contributed by atoms with E-state index >= 15 is 0 Å². The molecule has 29 heavy (non-hydrogen) atoms. The highest BCUT2D eigenvalue weighted by Crippen LogP contribution is 2.27. The minimum atomic E-state index is -0.678. The van der Waals surface area contributed by atoms with Crippen LogP contribution in [0.3, 0.4) is 0 Å². The minimum absolute atomic E-state index is 0.255. The number of nitrogens with zero attached hydrogens (tertiary/aromatic N) is 1. The molecule has 1 atom stereocenters. The Morgan fingerprint density at radius 3 is 2.72 bits per heavy atom. The second-order valence-corrected chi connectivity index (χ2v) is 7.16. The highest BCUT2D eigenvalue weighted by Gasteiger charge is 2.17. The Balaban J connectivity index is 1.49. The summed E-state index contributed by atoms with van der Waals surface area (Å²) in [4.78, 5) is 17.1. The number of rotatable bonds is 5. The first-order valence-electron chi connectivity index (χ1n) is 9.19. The molecule has 1 N–H and O–H groups in total. The average molecular weight is 407 g/mol. The molecular formula is C23H19ClN2O3. The van der Waals surface area contributed by atoms with Crippen molar-refractivity contribution < 1.29 is 13.9 Å². The van der Waals surface area contributed by atoms with Gasteiger partial charge in [-0.1, -0.05) is 29.8 Å². The third-order valence-corrected chi connectivity index (χ3v) is 4.72. The number of aryl methyl sites for hydroxylation is 1. The molecule has 1 unspecified atom stereocenters. The summed E-state index contributed by atoms with van der Waals surface area (Å²) in [6.07, 6.45) is -0.678. The molecule has 0 fully saturated rings. The molecule has 5 nitrogen and oxygen atoms in total. The number of carbonyl (C=O) groups is 1. The van der Waals surface area contributed by atoms with Crippen LogP contribution in [-0.2, 0) is 4.79 Å². The Hall–Kier alpha value is -3.31. The predicted octanol–water partition coefficient (Wildman–Crippen LogP) is 5.86. The van der Waals surface area contributed by atoms with Crippen molar-refractivity contribution in [2.45, 2.75) is 20.0 Å². The highest BCUT2D eigenvalue weighted by atomic mass is 35.5. The second-order valence-electron chi connectivity index (χ2n) is 6.73. The molecule has 4 rings (SSSR count). The summed E-state index contributed by atoms with van der Waals surface area (Å²) >= 11 is 5.97. The van der Waals surface area contributed by atoms with Crippen LogP contribution in [0.5, 0.6) is 5.75 Å². The van der Waals surface area contributed by atoms with E-state index in [2.05, 4.69) is 10.3 Å². The number of nitrogens with one attached hydrogen (secondary N) is 1. The Labute approximate surface area is 173 Å². The van der Waals surface area contributed by atoms with E-state index in [0.717, 1.165) is 22.2 Å². The van der Waals surface area contributed by atoms with Gasteiger partial charge in [0.05, 0.1) is 0 Å². The van der Waals surface area contributed by atoms with Gasteiger partial charge in [0.1, 0.15) is 11.3 Å². The number of ether oxygens (including phenoxy) is 1. The standard InChI is InChI=1S/C23H19ClN2O3/c1-14-12-17(24)10-11-20(14)28-15(2)22(27)25-18-7-5-6-16(13-18)23-26-19-8-3-4-9-21(19)29-23/h3-13,15H,1-2H3,(H,25,27). The lowest BCUT2D eigenvalue weighted by Crippen LogP contribution is -2.30. The number of oxazole rings is 1. The smallest absolute Gasteiger partial charge is 0.265 e. The molecule has 1 aromatic heterocycles. The van der Waals surface area contributed by atoms with E-state index in [9.17, 15) is 4.79 Å². The number of hydrogen-bond acceptors (Lipinski definition) is 4. The van der Waals surface area contributed by atoms with Crippen molar-refractivity contribution in [2.75, 3.05) is 5.32 Å². The number of amides is 1. The van der Waals surface area contributed by atoms with Gasteiger partial charge in [-0.25, -0.2) is 4.98 Å². The van der Waals surface area contributed by atoms with Crippen molar-refractivity contribution in [3.63, 3.8) is 0 Å². The van der Waals surface area contributed by atoms with Crippen LogP contribution in [0.4, 0.5) is 5.69 Å². The van der Waals surface area contributed by atoms with Crippen molar-refractivity contribution in [1.29, 1.82) is 0 Å². The molecule has 1 heterocycles. The van der Waals surface area contributed by atoms with E-state index in [1.54, 1.807) is 25.1 Å². The zero-order valence-corrected chi connectivity index (χ0v) is 16.7. The number of anilines is 1. The van der Waals surface area contributed by atoms with Crippen molar-refractivity contribution in [2.24, 2.45) is 0 Å². The van der Waals surface area contributed by atoms with Crippen LogP contribution in [0, 0.1) is 6.92 Å². The van der Waals surface area contributed by atoms with Crippen LogP contribution in [0.15, 0.2) is 71.1 Å². The molecule has 0 saturated carbocycles. The van der Waals surface area contributed by atoms with Gasteiger partial charge in [-0.05, 0) is 67.9 Å². The van der Waals surface area contributed by atoms with E-state index in [4.69, 9.17) is 20.8 Å². The summed E-state index contributed by atoms with van der Waals surface area (Å²) < 4.78 is 11.6. The van der Waals surface area contributed by atoms with Gasteiger partial charge in [0.25, 0.3) is 5.91 Å². The lowest BCUT2D eigenvalue weighted by molar-refractivity contribution is -0.122. The molecule has 4 aromatic rings. The fraction of sp³-hybridized carbons (Fsp3) is 0.130. The van der Waals surface area contributed by atoms with Gasteiger partial charge in [0.15, 0.2) is 11.7 Å². The molecule has 0 aliphatic heterocycles. The molecule has 0 spiro atoms. The first kappa shape index (κ1) is 19.0. The first-order chi connectivity index (χ1) is 14.0. The van der Waals surface area contributed by atoms with Crippen molar-refractivity contribution in [3.8, 4) is 17.2 Å². The van der Waals surface area contributed by atoms with E-state index in [1.165, 1.54) is 0 Å². The van der Waals surface area contributed by atoms with E-state index in [0.29, 0.717) is 22.4 Å². The third-order valence-electron chi connectivity index (χ3n) is 4.48. The Morgan fingerprint density at radius 1 is 1.10 bits per heavy atom. The Morgan fingerprint density at radius 2 is 1.93 bits per heavy atom. The molecule has 3 aromatic carbocycles. The quantitative estimate of drug-likeness (QED) is 0.450. The number of hydrogen-bond donors (Lipinski definition) is 1. The summed E-state index contributed by atoms with van der Waals surface area (Å²) in [5.41, 5.74) is 3.80. The molecule has 0 radical (unpaired) electrons. The molecule has 1 amide bonds. The SMILES string of the molecule is Cc1cc(Cl)ccc1OC(C)C(=O)Nc1cccc(-c2nc3ccccc3o2)c1. The van der Waals surface area contributed by atoms with Gasteiger partial charge in [-0.15, -0.1) is 0 Å². The number of halogens is 1. The summed E-state index contributed by atoms with van der Waals surface area (Å²) in [5.74, 6) is 0.870. The zero-order chi connectivity index (χ0) is 20.4. The molecule has 0 aliphatic rings. The lowest BCUT2D eigenvalue weighted by Gasteiger charge is -2.16. The average Bonchev–Trinajstić information content (AvgIpc) is 3.14.